The van der Waals surface area contributed by atoms with Crippen LogP contribution in [-0.2, 0) is 60.7 Å². The van der Waals surface area contributed by atoms with Gasteiger partial charge in [0, 0.05) is 62.4 Å². The summed E-state index contributed by atoms with van der Waals surface area (Å²) in [5.74, 6) is -8.78. The molecule has 2 unspecified atom stereocenters. The lowest BCUT2D eigenvalue weighted by Crippen LogP contribution is -2.63. The minimum Gasteiger partial charge on any atom is -0.450 e. The Morgan fingerprint density at radius 2 is 1.06 bits per heavy atom. The van der Waals surface area contributed by atoms with E-state index < -0.39 is 137 Å². The van der Waals surface area contributed by atoms with Crippen LogP contribution in [0.4, 0.5) is 0 Å². The number of likely N-dealkylation sites (N-methyl/N-ethyl adjacent to an activating group) is 4. The van der Waals surface area contributed by atoms with Crippen molar-refractivity contribution in [3.05, 3.63) is 68.6 Å². The average Bonchev–Trinajstić information content (AvgIpc) is 3.91. The number of carbonyl (C=O) groups excluding carboxylic acids is 9. The van der Waals surface area contributed by atoms with Crippen molar-refractivity contribution in [3.8, 4) is 0 Å². The number of aliphatic hydroxyl groups is 1. The van der Waals surface area contributed by atoms with Crippen LogP contribution in [0.15, 0.2) is 57.5 Å². The minimum atomic E-state index is -1.98. The van der Waals surface area contributed by atoms with Gasteiger partial charge in [0.2, 0.25) is 41.4 Å². The summed E-state index contributed by atoms with van der Waals surface area (Å²) in [6.45, 7) is 20.6. The van der Waals surface area contributed by atoms with E-state index >= 15 is 14.4 Å². The molecule has 4 rings (SSSR count). The topological polar surface area (TPSA) is 235 Å². The van der Waals surface area contributed by atoms with Crippen molar-refractivity contribution in [3.63, 3.8) is 0 Å². The highest BCUT2D eigenvalue weighted by molar-refractivity contribution is 9.10. The summed E-state index contributed by atoms with van der Waals surface area (Å²) in [5.41, 5.74) is -0.613. The van der Waals surface area contributed by atoms with Gasteiger partial charge in [0.15, 0.2) is 12.1 Å². The Bertz CT molecular complexity index is 2540. The third kappa shape index (κ3) is 17.3. The number of fused-ring (bicyclic) bond motifs is 1. The monoisotopic (exact) mass is 1260 g/mol. The zero-order valence-electron chi connectivity index (χ0n) is 50.4. The summed E-state index contributed by atoms with van der Waals surface area (Å²) < 4.78 is 7.66. The Morgan fingerprint density at radius 1 is 0.593 bits per heavy atom. The molecule has 0 spiro atoms. The van der Waals surface area contributed by atoms with Gasteiger partial charge in [-0.15, -0.1) is 0 Å². The fourth-order valence-electron chi connectivity index (χ4n) is 11.0. The number of ether oxygens (including phenoxy) is 1. The van der Waals surface area contributed by atoms with Crippen molar-refractivity contribution < 1.29 is 53.0 Å². The Labute approximate surface area is 497 Å². The molecule has 2 aromatic carbocycles. The maximum absolute atomic E-state index is 15.4. The van der Waals surface area contributed by atoms with Gasteiger partial charge in [-0.2, -0.15) is 0 Å². The quantitative estimate of drug-likeness (QED) is 0.173. The van der Waals surface area contributed by atoms with Crippen molar-refractivity contribution >= 4 is 85.1 Å². The first-order valence-corrected chi connectivity index (χ1v) is 30.1. The highest BCUT2D eigenvalue weighted by atomic mass is 79.9. The van der Waals surface area contributed by atoms with E-state index in [4.69, 9.17) is 4.74 Å². The van der Waals surface area contributed by atoms with Crippen LogP contribution in [0.3, 0.4) is 0 Å². The second-order valence-electron chi connectivity index (χ2n) is 24.0. The molecule has 81 heavy (non-hydrogen) atoms. The summed E-state index contributed by atoms with van der Waals surface area (Å²) in [5, 5.41) is 20.5. The molecule has 0 saturated carbocycles. The van der Waals surface area contributed by atoms with Crippen molar-refractivity contribution in [2.45, 2.75) is 188 Å². The molecule has 4 N–H and O–H groups in total. The van der Waals surface area contributed by atoms with Gasteiger partial charge >= 0.3 is 5.97 Å². The van der Waals surface area contributed by atoms with Crippen molar-refractivity contribution in [2.75, 3.05) is 34.7 Å². The number of cyclic esters (lactones) is 1. The molecule has 0 radical (unpaired) electrons. The smallest absolute Gasteiger partial charge is 0.332 e. The molecular formula is C60H90Br2N8O11. The van der Waals surface area contributed by atoms with Crippen LogP contribution < -0.4 is 16.0 Å². The van der Waals surface area contributed by atoms with Gasteiger partial charge in [0.1, 0.15) is 42.3 Å². The maximum Gasteiger partial charge on any atom is 0.332 e. The van der Waals surface area contributed by atoms with E-state index in [2.05, 4.69) is 47.8 Å². The number of esters is 1. The minimum absolute atomic E-state index is 0.0187. The van der Waals surface area contributed by atoms with Crippen LogP contribution in [0, 0.1) is 29.6 Å². The molecule has 0 bridgehead atoms. The third-order valence-electron chi connectivity index (χ3n) is 16.0. The first-order chi connectivity index (χ1) is 37.8. The Morgan fingerprint density at radius 3 is 1.53 bits per heavy atom. The number of hydrogen-bond donors (Lipinski definition) is 4. The first-order valence-electron chi connectivity index (χ1n) is 28.5. The molecule has 2 fully saturated rings. The van der Waals surface area contributed by atoms with Crippen molar-refractivity contribution in [1.29, 1.82) is 0 Å². The van der Waals surface area contributed by atoms with E-state index in [-0.39, 0.29) is 38.1 Å². The summed E-state index contributed by atoms with van der Waals surface area (Å²) in [7, 11) is 5.65. The fraction of sp³-hybridized carbons (Fsp3) is 0.650. The molecule has 11 atom stereocenters. The predicted octanol–water partition coefficient (Wildman–Crippen LogP) is 5.90. The van der Waals surface area contributed by atoms with Crippen LogP contribution in [0.2, 0.25) is 0 Å². The van der Waals surface area contributed by atoms with E-state index in [1.165, 1.54) is 61.6 Å². The number of amides is 8. The molecule has 8 amide bonds. The average molecular weight is 1260 g/mol. The molecule has 21 heteroatoms. The Kier molecular flexibility index (Phi) is 25.0. The molecule has 0 aromatic heterocycles. The Hall–Kier alpha value is -5.41. The van der Waals surface area contributed by atoms with Crippen LogP contribution in [-0.4, -0.2) is 178 Å². The van der Waals surface area contributed by atoms with Gasteiger partial charge in [-0.25, -0.2) is 4.79 Å². The summed E-state index contributed by atoms with van der Waals surface area (Å²) in [6, 6.07) is 4.28. The number of rotatable bonds is 13. The molecule has 450 valence electrons. The molecule has 0 aliphatic carbocycles. The number of nitrogens with zero attached hydrogens (tertiary/aromatic N) is 5. The molecule has 19 nitrogen and oxygen atoms in total. The summed E-state index contributed by atoms with van der Waals surface area (Å²) >= 11 is 6.96. The normalized spacial score (nSPS) is 26.2. The predicted molar refractivity (Wildman–Crippen MR) is 317 cm³/mol. The number of benzene rings is 2. The Balaban J connectivity index is 1.99. The van der Waals surface area contributed by atoms with E-state index in [1.807, 2.05) is 45.0 Å². The lowest BCUT2D eigenvalue weighted by molar-refractivity contribution is -0.177. The highest BCUT2D eigenvalue weighted by Crippen LogP contribution is 2.28. The van der Waals surface area contributed by atoms with E-state index in [1.54, 1.807) is 72.7 Å². The van der Waals surface area contributed by atoms with Crippen LogP contribution >= 0.6 is 31.9 Å². The van der Waals surface area contributed by atoms with Crippen LogP contribution in [0.5, 0.6) is 0 Å². The van der Waals surface area contributed by atoms with Crippen LogP contribution in [0.25, 0.3) is 0 Å². The van der Waals surface area contributed by atoms with Gasteiger partial charge in [-0.05, 0) is 98.6 Å². The zero-order chi connectivity index (χ0) is 61.1. The number of hydrogen-bond acceptors (Lipinski definition) is 11. The number of halogens is 2. The molecule has 2 saturated heterocycles. The highest BCUT2D eigenvalue weighted by Gasteiger charge is 2.48. The first kappa shape index (κ1) is 68.1. The van der Waals surface area contributed by atoms with Gasteiger partial charge in [0.25, 0.3) is 5.91 Å². The lowest BCUT2D eigenvalue weighted by Gasteiger charge is -2.39. The molecule has 2 aromatic rings. The number of carbonyl (C=O) groups is 9. The molecular weight excluding hydrogens is 1170 g/mol. The van der Waals surface area contributed by atoms with E-state index in [0.717, 1.165) is 13.8 Å². The lowest BCUT2D eigenvalue weighted by atomic mass is 9.93. The summed E-state index contributed by atoms with van der Waals surface area (Å²) in [4.78, 5) is 141. The van der Waals surface area contributed by atoms with Gasteiger partial charge in [0.05, 0.1) is 5.60 Å². The van der Waals surface area contributed by atoms with E-state index in [0.29, 0.717) is 30.4 Å². The fourth-order valence-corrected chi connectivity index (χ4v) is 11.5. The second kappa shape index (κ2) is 29.7. The zero-order valence-corrected chi connectivity index (χ0v) is 53.6. The number of nitrogens with one attached hydrogen (secondary N) is 3. The van der Waals surface area contributed by atoms with Crippen molar-refractivity contribution in [2.24, 2.45) is 29.6 Å². The van der Waals surface area contributed by atoms with Crippen LogP contribution in [0.1, 0.15) is 126 Å². The van der Waals surface area contributed by atoms with E-state index in [9.17, 15) is 33.9 Å². The largest absolute Gasteiger partial charge is 0.450 e. The SMILES string of the molecule is CCC(C)[C@@H]1NC(=O)[C@@H]2CCCN2C(=O)[C@H](Cc2ccc(Br)cc2)N(C)C(=O)[C@H](Cc2ccc(Br)cc2)NC(=O)[C@H](C(C)C)N(C)C(=O)[C@@H](C(C)CC)OC(=O)[C@H](C(C)(C)O)N(C)C(=O)[C@H](CC(C)C)NC(=O)[C@H](C(C)C)N(C)C1=O. The second-order valence-corrected chi connectivity index (χ2v) is 25.8. The van der Waals surface area contributed by atoms with Crippen molar-refractivity contribution in [1.82, 2.24) is 40.4 Å². The molecule has 2 aliphatic heterocycles. The van der Waals surface area contributed by atoms with Gasteiger partial charge < -0.3 is 50.3 Å². The molecule has 2 heterocycles. The van der Waals surface area contributed by atoms with Gasteiger partial charge in [-0.3, -0.25) is 38.4 Å². The summed E-state index contributed by atoms with van der Waals surface area (Å²) in [6.07, 6.45) is -0.00632. The third-order valence-corrected chi connectivity index (χ3v) is 17.0. The molecule has 2 aliphatic rings. The maximum atomic E-state index is 15.4. The van der Waals surface area contributed by atoms with Gasteiger partial charge in [-0.1, -0.05) is 132 Å². The standard InChI is InChI=1S/C60H90Br2N8O11/c1-17-36(9)46-57(77)67(14)47(34(5)6)52(72)63-42(30-33(3)4)55(75)69(16)50(60(11,12)80)59(79)81-49(37(10)18-2)58(78)68(15)48(35(7)8)53(73)64-43(31-38-21-25-40(61)26-22-38)54(74)66(13)45(32-39-23-27-41(62)28-24-39)56(76)70-29-19-20-44(70)51(71)65-46/h21-28,33-37,42-50,80H,17-20,29-32H2,1-16H3,(H,63,72)(H,64,73)(H,65,71)/t36?,37?,42-,43-,44-,45-,46-,47-,48-,49+,50+/m0/s1.